The Bertz CT molecular complexity index is 473. The third kappa shape index (κ3) is 2.99. The molecule has 0 aromatic rings. The molecule has 2 N–H and O–H groups in total. The average molecular weight is 301 g/mol. The third-order valence-corrected chi connectivity index (χ3v) is 6.69. The molecule has 3 fully saturated rings. The Labute approximate surface area is 120 Å². The zero-order chi connectivity index (χ0) is 14.2. The van der Waals surface area contributed by atoms with Gasteiger partial charge in [0, 0.05) is 31.6 Å². The second kappa shape index (κ2) is 5.61. The number of hydrogen-bond donors (Lipinski definition) is 2. The summed E-state index contributed by atoms with van der Waals surface area (Å²) in [5.41, 5.74) is 0. The lowest BCUT2D eigenvalue weighted by Crippen LogP contribution is -2.55. The lowest BCUT2D eigenvalue weighted by Gasteiger charge is -2.40. The molecular formula is C13H23N3O3S. The van der Waals surface area contributed by atoms with Gasteiger partial charge in [0.25, 0.3) is 0 Å². The minimum atomic E-state index is -3.17. The van der Waals surface area contributed by atoms with E-state index < -0.39 is 10.0 Å². The Morgan fingerprint density at radius 3 is 2.85 bits per heavy atom. The van der Waals surface area contributed by atoms with Crippen LogP contribution in [-0.2, 0) is 14.8 Å². The molecule has 3 atom stereocenters. The molecule has 114 valence electrons. The molecule has 1 amide bonds. The monoisotopic (exact) mass is 301 g/mol. The summed E-state index contributed by atoms with van der Waals surface area (Å²) in [6.45, 7) is 2.04. The molecular weight excluding hydrogens is 278 g/mol. The molecule has 0 aromatic carbocycles. The fourth-order valence-electron chi connectivity index (χ4n) is 3.59. The van der Waals surface area contributed by atoms with E-state index in [9.17, 15) is 13.2 Å². The first-order valence-corrected chi connectivity index (χ1v) is 9.16. The van der Waals surface area contributed by atoms with Crippen LogP contribution in [0, 0.1) is 5.92 Å². The Kier molecular flexibility index (Phi) is 4.01. The van der Waals surface area contributed by atoms with Crippen molar-refractivity contribution in [3.8, 4) is 0 Å². The average Bonchev–Trinajstić information content (AvgIpc) is 2.90. The van der Waals surface area contributed by atoms with Crippen LogP contribution in [0.15, 0.2) is 0 Å². The number of amides is 1. The first kappa shape index (κ1) is 14.3. The predicted octanol–water partition coefficient (Wildman–Crippen LogP) is -0.331. The normalized spacial score (nSPS) is 35.6. The van der Waals surface area contributed by atoms with E-state index in [1.165, 1.54) is 0 Å². The van der Waals surface area contributed by atoms with Crippen molar-refractivity contribution in [2.75, 3.05) is 25.4 Å². The van der Waals surface area contributed by atoms with Gasteiger partial charge in [0.2, 0.25) is 15.9 Å². The highest BCUT2D eigenvalue weighted by molar-refractivity contribution is 7.89. The van der Waals surface area contributed by atoms with Crippen molar-refractivity contribution < 1.29 is 13.2 Å². The maximum absolute atomic E-state index is 12.5. The van der Waals surface area contributed by atoms with Crippen molar-refractivity contribution >= 4 is 15.9 Å². The fourth-order valence-corrected chi connectivity index (χ4v) is 5.39. The van der Waals surface area contributed by atoms with Crippen LogP contribution in [0.1, 0.15) is 32.1 Å². The highest BCUT2D eigenvalue weighted by atomic mass is 32.2. The van der Waals surface area contributed by atoms with Gasteiger partial charge in [0.15, 0.2) is 0 Å². The standard InChI is InChI=1S/C13H23N3O3S/c17-13-4-3-10-8-16(7-5-12(10)15-13)20(18,19)9-11-2-1-6-14-11/h10-12,14H,1-9H2,(H,15,17). The maximum Gasteiger partial charge on any atom is 0.220 e. The van der Waals surface area contributed by atoms with E-state index in [1.807, 2.05) is 0 Å². The van der Waals surface area contributed by atoms with Crippen LogP contribution in [0.4, 0.5) is 0 Å². The zero-order valence-corrected chi connectivity index (χ0v) is 12.5. The summed E-state index contributed by atoms with van der Waals surface area (Å²) in [6.07, 6.45) is 4.10. The number of rotatable bonds is 3. The number of piperidine rings is 2. The minimum Gasteiger partial charge on any atom is -0.353 e. The van der Waals surface area contributed by atoms with E-state index in [0.29, 0.717) is 19.5 Å². The minimum absolute atomic E-state index is 0.109. The van der Waals surface area contributed by atoms with Gasteiger partial charge < -0.3 is 10.6 Å². The summed E-state index contributed by atoms with van der Waals surface area (Å²) in [5.74, 6) is 0.613. The molecule has 3 aliphatic rings. The summed E-state index contributed by atoms with van der Waals surface area (Å²) in [6, 6.07) is 0.288. The fraction of sp³-hybridized carbons (Fsp3) is 0.923. The predicted molar refractivity (Wildman–Crippen MR) is 75.7 cm³/mol. The molecule has 7 heteroatoms. The highest BCUT2D eigenvalue weighted by Gasteiger charge is 2.38. The van der Waals surface area contributed by atoms with Crippen molar-refractivity contribution in [2.45, 2.75) is 44.2 Å². The van der Waals surface area contributed by atoms with E-state index in [2.05, 4.69) is 10.6 Å². The van der Waals surface area contributed by atoms with Gasteiger partial charge in [-0.05, 0) is 38.1 Å². The van der Waals surface area contributed by atoms with E-state index in [-0.39, 0.29) is 29.7 Å². The van der Waals surface area contributed by atoms with Crippen molar-refractivity contribution in [2.24, 2.45) is 5.92 Å². The zero-order valence-electron chi connectivity index (χ0n) is 11.7. The second-order valence-corrected chi connectivity index (χ2v) is 8.20. The third-order valence-electron chi connectivity index (χ3n) is 4.75. The Morgan fingerprint density at radius 2 is 2.10 bits per heavy atom. The van der Waals surface area contributed by atoms with Gasteiger partial charge in [-0.15, -0.1) is 0 Å². The highest BCUT2D eigenvalue weighted by Crippen LogP contribution is 2.27. The molecule has 0 aliphatic carbocycles. The molecule has 3 unspecified atom stereocenters. The van der Waals surface area contributed by atoms with Crippen LogP contribution in [0.3, 0.4) is 0 Å². The Balaban J connectivity index is 1.61. The first-order chi connectivity index (χ1) is 9.54. The SMILES string of the molecule is O=C1CCC2CN(S(=O)(=O)CC3CCCN3)CCC2N1. The molecule has 6 nitrogen and oxygen atoms in total. The summed E-state index contributed by atoms with van der Waals surface area (Å²) >= 11 is 0. The van der Waals surface area contributed by atoms with Gasteiger partial charge >= 0.3 is 0 Å². The topological polar surface area (TPSA) is 78.5 Å². The number of nitrogens with one attached hydrogen (secondary N) is 2. The van der Waals surface area contributed by atoms with Crippen LogP contribution in [0.5, 0.6) is 0 Å². The molecule has 0 spiro atoms. The number of hydrogen-bond acceptors (Lipinski definition) is 4. The van der Waals surface area contributed by atoms with Gasteiger partial charge in [-0.2, -0.15) is 0 Å². The molecule has 3 aliphatic heterocycles. The summed E-state index contributed by atoms with van der Waals surface area (Å²) in [7, 11) is -3.17. The molecule has 0 radical (unpaired) electrons. The maximum atomic E-state index is 12.5. The van der Waals surface area contributed by atoms with Gasteiger partial charge in [-0.1, -0.05) is 0 Å². The smallest absolute Gasteiger partial charge is 0.220 e. The number of nitrogens with zero attached hydrogens (tertiary/aromatic N) is 1. The summed E-state index contributed by atoms with van der Waals surface area (Å²) in [4.78, 5) is 11.4. The molecule has 3 rings (SSSR count). The summed E-state index contributed by atoms with van der Waals surface area (Å²) in [5, 5.41) is 6.24. The number of sulfonamides is 1. The van der Waals surface area contributed by atoms with Crippen LogP contribution in [-0.4, -0.2) is 56.1 Å². The Morgan fingerprint density at radius 1 is 1.25 bits per heavy atom. The second-order valence-electron chi connectivity index (χ2n) is 6.19. The van der Waals surface area contributed by atoms with E-state index in [1.54, 1.807) is 4.31 Å². The van der Waals surface area contributed by atoms with E-state index in [0.717, 1.165) is 32.2 Å². The molecule has 0 saturated carbocycles. The molecule has 0 bridgehead atoms. The Hall–Kier alpha value is -0.660. The van der Waals surface area contributed by atoms with E-state index in [4.69, 9.17) is 0 Å². The largest absolute Gasteiger partial charge is 0.353 e. The number of fused-ring (bicyclic) bond motifs is 1. The number of carbonyl (C=O) groups is 1. The molecule has 3 saturated heterocycles. The molecule has 3 heterocycles. The van der Waals surface area contributed by atoms with Gasteiger partial charge in [0.1, 0.15) is 0 Å². The lowest BCUT2D eigenvalue weighted by molar-refractivity contribution is -0.124. The van der Waals surface area contributed by atoms with Crippen LogP contribution >= 0.6 is 0 Å². The molecule has 20 heavy (non-hydrogen) atoms. The van der Waals surface area contributed by atoms with Crippen molar-refractivity contribution in [1.82, 2.24) is 14.9 Å². The lowest BCUT2D eigenvalue weighted by atomic mass is 9.86. The van der Waals surface area contributed by atoms with Crippen molar-refractivity contribution in [3.05, 3.63) is 0 Å². The quantitative estimate of drug-likeness (QED) is 0.748. The van der Waals surface area contributed by atoms with Crippen LogP contribution in [0.25, 0.3) is 0 Å². The van der Waals surface area contributed by atoms with Crippen LogP contribution in [0.2, 0.25) is 0 Å². The van der Waals surface area contributed by atoms with Gasteiger partial charge in [-0.3, -0.25) is 4.79 Å². The van der Waals surface area contributed by atoms with E-state index >= 15 is 0 Å². The number of carbonyl (C=O) groups excluding carboxylic acids is 1. The van der Waals surface area contributed by atoms with Crippen molar-refractivity contribution in [3.63, 3.8) is 0 Å². The van der Waals surface area contributed by atoms with Crippen LogP contribution < -0.4 is 10.6 Å². The first-order valence-electron chi connectivity index (χ1n) is 7.55. The van der Waals surface area contributed by atoms with Gasteiger partial charge in [-0.25, -0.2) is 12.7 Å². The van der Waals surface area contributed by atoms with Gasteiger partial charge in [0.05, 0.1) is 5.75 Å². The van der Waals surface area contributed by atoms with Crippen molar-refractivity contribution in [1.29, 1.82) is 0 Å². The summed E-state index contributed by atoms with van der Waals surface area (Å²) < 4.78 is 26.6. The molecule has 0 aromatic heterocycles.